The highest BCUT2D eigenvalue weighted by Crippen LogP contribution is 2.21. The Morgan fingerprint density at radius 3 is 2.45 bits per heavy atom. The van der Waals surface area contributed by atoms with Crippen molar-refractivity contribution < 1.29 is 0 Å². The first-order chi connectivity index (χ1) is 10.7. The van der Waals surface area contributed by atoms with E-state index in [9.17, 15) is 4.79 Å². The van der Waals surface area contributed by atoms with Gasteiger partial charge in [-0.25, -0.2) is 4.79 Å². The zero-order valence-corrected chi connectivity index (χ0v) is 12.8. The third-order valence-electron chi connectivity index (χ3n) is 3.86. The Morgan fingerprint density at radius 2 is 1.77 bits per heavy atom. The second kappa shape index (κ2) is 5.53. The first-order valence-electron chi connectivity index (χ1n) is 7.23. The average Bonchev–Trinajstić information content (AvgIpc) is 2.80. The molecule has 0 aliphatic carbocycles. The van der Waals surface area contributed by atoms with Crippen molar-refractivity contribution in [2.75, 3.05) is 0 Å². The molecule has 3 heteroatoms. The van der Waals surface area contributed by atoms with Crippen LogP contribution >= 0.6 is 0 Å². The summed E-state index contributed by atoms with van der Waals surface area (Å²) >= 11 is 0. The molecule has 3 nitrogen and oxygen atoms in total. The third kappa shape index (κ3) is 2.11. The first-order valence-corrected chi connectivity index (χ1v) is 7.23. The van der Waals surface area contributed by atoms with E-state index in [1.165, 1.54) is 0 Å². The summed E-state index contributed by atoms with van der Waals surface area (Å²) in [6, 6.07) is 13.8. The van der Waals surface area contributed by atoms with Crippen molar-refractivity contribution in [3.63, 3.8) is 0 Å². The molecule has 0 spiro atoms. The van der Waals surface area contributed by atoms with Crippen molar-refractivity contribution >= 4 is 23.2 Å². The van der Waals surface area contributed by atoms with Crippen LogP contribution in [0.3, 0.4) is 0 Å². The molecule has 0 amide bonds. The monoisotopic (exact) mass is 290 g/mol. The van der Waals surface area contributed by atoms with Gasteiger partial charge in [-0.2, -0.15) is 0 Å². The minimum Gasteiger partial charge on any atom is -0.295 e. The highest BCUT2D eigenvalue weighted by molar-refractivity contribution is 5.78. The summed E-state index contributed by atoms with van der Waals surface area (Å²) in [6.45, 7) is 5.82. The zero-order valence-electron chi connectivity index (χ0n) is 12.8. The fourth-order valence-corrected chi connectivity index (χ4v) is 2.75. The molecular formula is C19H18N2O. The van der Waals surface area contributed by atoms with Gasteiger partial charge in [0.15, 0.2) is 0 Å². The van der Waals surface area contributed by atoms with E-state index < -0.39 is 0 Å². The molecule has 0 radical (unpaired) electrons. The number of imidazole rings is 1. The van der Waals surface area contributed by atoms with Crippen LogP contribution in [-0.2, 0) is 7.05 Å². The summed E-state index contributed by atoms with van der Waals surface area (Å²) in [5.41, 5.74) is 4.75. The lowest BCUT2D eigenvalue weighted by molar-refractivity contribution is 0.846. The predicted molar refractivity (Wildman–Crippen MR) is 93.3 cm³/mol. The van der Waals surface area contributed by atoms with E-state index in [0.717, 1.165) is 27.8 Å². The van der Waals surface area contributed by atoms with Gasteiger partial charge in [0.1, 0.15) is 0 Å². The largest absolute Gasteiger partial charge is 0.333 e. The molecule has 0 aliphatic rings. The Bertz CT molecular complexity index is 942. The first kappa shape index (κ1) is 14.1. The zero-order chi connectivity index (χ0) is 15.7. The Morgan fingerprint density at radius 1 is 1.05 bits per heavy atom. The third-order valence-corrected chi connectivity index (χ3v) is 3.86. The van der Waals surface area contributed by atoms with Crippen LogP contribution in [0.2, 0.25) is 0 Å². The Labute approximate surface area is 129 Å². The molecule has 0 atom stereocenters. The minimum atomic E-state index is -0.0426. The van der Waals surface area contributed by atoms with Gasteiger partial charge in [-0.15, -0.1) is 0 Å². The maximum absolute atomic E-state index is 12.6. The van der Waals surface area contributed by atoms with Gasteiger partial charge in [0, 0.05) is 7.05 Å². The number of hydrogen-bond acceptors (Lipinski definition) is 1. The number of hydrogen-bond donors (Lipinski definition) is 0. The van der Waals surface area contributed by atoms with Gasteiger partial charge in [-0.3, -0.25) is 9.13 Å². The number of allylic oxidation sites excluding steroid dienone is 1. The molecule has 0 bridgehead atoms. The molecule has 3 aromatic rings. The topological polar surface area (TPSA) is 26.9 Å². The lowest BCUT2D eigenvalue weighted by atomic mass is 10.1. The highest BCUT2D eigenvalue weighted by Gasteiger charge is 2.12. The summed E-state index contributed by atoms with van der Waals surface area (Å²) < 4.78 is 3.42. The number of benzene rings is 2. The number of nitrogens with zero attached hydrogens (tertiary/aromatic N) is 2. The van der Waals surface area contributed by atoms with Gasteiger partial charge in [0.05, 0.1) is 16.7 Å². The van der Waals surface area contributed by atoms with Crippen LogP contribution in [0, 0.1) is 0 Å². The molecule has 0 saturated heterocycles. The molecule has 3 rings (SSSR count). The Hall–Kier alpha value is -2.81. The van der Waals surface area contributed by atoms with Crippen molar-refractivity contribution in [3.05, 3.63) is 76.7 Å². The molecule has 0 unspecified atom stereocenters. The van der Waals surface area contributed by atoms with Crippen LogP contribution < -0.4 is 5.69 Å². The van der Waals surface area contributed by atoms with Crippen LogP contribution in [0.15, 0.2) is 59.9 Å². The smallest absolute Gasteiger partial charge is 0.295 e. The van der Waals surface area contributed by atoms with Gasteiger partial charge in [0.25, 0.3) is 0 Å². The fraction of sp³-hybridized carbons (Fsp3) is 0.105. The Kier molecular flexibility index (Phi) is 3.55. The van der Waals surface area contributed by atoms with E-state index in [0.29, 0.717) is 0 Å². The second-order valence-electron chi connectivity index (χ2n) is 5.18. The number of rotatable bonds is 3. The second-order valence-corrected chi connectivity index (χ2v) is 5.18. The molecule has 2 aromatic carbocycles. The van der Waals surface area contributed by atoms with Crippen molar-refractivity contribution in [1.29, 1.82) is 0 Å². The van der Waals surface area contributed by atoms with Gasteiger partial charge < -0.3 is 0 Å². The summed E-state index contributed by atoms with van der Waals surface area (Å²) in [7, 11) is 1.80. The van der Waals surface area contributed by atoms with E-state index in [2.05, 4.69) is 6.58 Å². The Balaban J connectivity index is 2.33. The SMILES string of the molecule is C=Cc1ccc(-n2c(=O)n(C)c3ccccc32)cc1/C=C\C. The molecule has 110 valence electrons. The molecule has 1 aromatic heterocycles. The van der Waals surface area contributed by atoms with Gasteiger partial charge in [0.2, 0.25) is 0 Å². The summed E-state index contributed by atoms with van der Waals surface area (Å²) in [4.78, 5) is 12.6. The molecule has 0 N–H and O–H groups in total. The number of fused-ring (bicyclic) bond motifs is 1. The lowest BCUT2D eigenvalue weighted by Crippen LogP contribution is -2.20. The van der Waals surface area contributed by atoms with Crippen LogP contribution in [0.25, 0.3) is 28.9 Å². The predicted octanol–water partition coefficient (Wildman–Crippen LogP) is 4.01. The van der Waals surface area contributed by atoms with Crippen LogP contribution in [0.1, 0.15) is 18.1 Å². The van der Waals surface area contributed by atoms with Gasteiger partial charge >= 0.3 is 5.69 Å². The molecule has 0 saturated carbocycles. The van der Waals surface area contributed by atoms with E-state index >= 15 is 0 Å². The normalized spacial score (nSPS) is 11.4. The summed E-state index contributed by atoms with van der Waals surface area (Å²) in [5, 5.41) is 0. The van der Waals surface area contributed by atoms with Crippen molar-refractivity contribution in [2.45, 2.75) is 6.92 Å². The lowest BCUT2D eigenvalue weighted by Gasteiger charge is -2.07. The maximum Gasteiger partial charge on any atom is 0.333 e. The molecule has 1 heterocycles. The number of aromatic nitrogens is 2. The van der Waals surface area contributed by atoms with Crippen LogP contribution in [0.5, 0.6) is 0 Å². The molecule has 0 fully saturated rings. The number of aryl methyl sites for hydroxylation is 1. The van der Waals surface area contributed by atoms with Gasteiger partial charge in [-0.05, 0) is 42.3 Å². The van der Waals surface area contributed by atoms with Crippen LogP contribution in [-0.4, -0.2) is 9.13 Å². The molecular weight excluding hydrogens is 272 g/mol. The quantitative estimate of drug-likeness (QED) is 0.716. The van der Waals surface area contributed by atoms with E-state index in [-0.39, 0.29) is 5.69 Å². The highest BCUT2D eigenvalue weighted by atomic mass is 16.1. The van der Waals surface area contributed by atoms with Crippen molar-refractivity contribution in [2.24, 2.45) is 7.05 Å². The van der Waals surface area contributed by atoms with E-state index in [4.69, 9.17) is 0 Å². The van der Waals surface area contributed by atoms with E-state index in [1.807, 2.05) is 67.6 Å². The fourth-order valence-electron chi connectivity index (χ4n) is 2.75. The average molecular weight is 290 g/mol. The molecule has 0 aliphatic heterocycles. The summed E-state index contributed by atoms with van der Waals surface area (Å²) in [6.07, 6.45) is 5.83. The number of para-hydroxylation sites is 2. The van der Waals surface area contributed by atoms with Crippen molar-refractivity contribution in [1.82, 2.24) is 9.13 Å². The summed E-state index contributed by atoms with van der Waals surface area (Å²) in [5.74, 6) is 0. The maximum atomic E-state index is 12.6. The van der Waals surface area contributed by atoms with Crippen LogP contribution in [0.4, 0.5) is 0 Å². The standard InChI is InChI=1S/C19H18N2O/c1-4-8-15-13-16(12-11-14(15)5-2)21-18-10-7-6-9-17(18)20(3)19(21)22/h4-13H,2H2,1,3H3/b8-4-. The van der Waals surface area contributed by atoms with E-state index in [1.54, 1.807) is 16.2 Å². The molecule has 22 heavy (non-hydrogen) atoms. The van der Waals surface area contributed by atoms with Crippen molar-refractivity contribution in [3.8, 4) is 5.69 Å². The minimum absolute atomic E-state index is 0.0426. The van der Waals surface area contributed by atoms with Gasteiger partial charge in [-0.1, -0.05) is 43.0 Å².